The first kappa shape index (κ1) is 28.9. The van der Waals surface area contributed by atoms with Crippen LogP contribution in [0.1, 0.15) is 47.9 Å². The summed E-state index contributed by atoms with van der Waals surface area (Å²) in [4.78, 5) is 15.7. The highest BCUT2D eigenvalue weighted by Crippen LogP contribution is 2.38. The highest BCUT2D eigenvalue weighted by atomic mass is 35.5. The molecule has 2 atom stereocenters. The van der Waals surface area contributed by atoms with Crippen LogP contribution in [0.5, 0.6) is 5.75 Å². The molecule has 2 saturated heterocycles. The molecule has 2 bridgehead atoms. The molecule has 2 aliphatic heterocycles. The van der Waals surface area contributed by atoms with Crippen molar-refractivity contribution < 1.29 is 14.3 Å². The Bertz CT molecular complexity index is 1350. The molecule has 5 rings (SSSR count). The SMILES string of the molecule is COCCOc1ccc(CN2C3CCC2CC(NC(=O)Cc2cccc(-c4ccc(Cl)c(Cl)c4)c2)C3)c(C)c1C. The smallest absolute Gasteiger partial charge is 0.224 e. The zero-order valence-electron chi connectivity index (χ0n) is 23.5. The maximum atomic E-state index is 13.1. The Hall–Kier alpha value is -2.57. The van der Waals surface area contributed by atoms with E-state index >= 15 is 0 Å². The van der Waals surface area contributed by atoms with E-state index in [2.05, 4.69) is 42.3 Å². The van der Waals surface area contributed by atoms with Crippen molar-refractivity contribution in [3.8, 4) is 16.9 Å². The Morgan fingerprint density at radius 1 is 0.925 bits per heavy atom. The normalized spacial score (nSPS) is 20.5. The van der Waals surface area contributed by atoms with Crippen molar-refractivity contribution in [2.45, 2.75) is 70.6 Å². The van der Waals surface area contributed by atoms with Gasteiger partial charge in [-0.1, -0.05) is 59.6 Å². The van der Waals surface area contributed by atoms with Crippen LogP contribution in [0.4, 0.5) is 0 Å². The number of piperidine rings is 1. The molecule has 2 fully saturated rings. The summed E-state index contributed by atoms with van der Waals surface area (Å²) >= 11 is 12.3. The molecule has 1 amide bonds. The average molecular weight is 582 g/mol. The number of fused-ring (bicyclic) bond motifs is 2. The molecule has 2 aliphatic rings. The summed E-state index contributed by atoms with van der Waals surface area (Å²) in [6.07, 6.45) is 4.75. The van der Waals surface area contributed by atoms with Gasteiger partial charge in [-0.15, -0.1) is 0 Å². The van der Waals surface area contributed by atoms with Gasteiger partial charge in [-0.2, -0.15) is 0 Å². The van der Waals surface area contributed by atoms with Gasteiger partial charge in [-0.3, -0.25) is 9.69 Å². The first-order valence-corrected chi connectivity index (χ1v) is 14.9. The summed E-state index contributed by atoms with van der Waals surface area (Å²) in [6, 6.07) is 19.2. The second-order valence-electron chi connectivity index (χ2n) is 11.1. The molecule has 212 valence electrons. The lowest BCUT2D eigenvalue weighted by Gasteiger charge is -2.39. The molecule has 0 radical (unpaired) electrons. The molecular weight excluding hydrogens is 543 g/mol. The summed E-state index contributed by atoms with van der Waals surface area (Å²) in [5.41, 5.74) is 6.86. The summed E-state index contributed by atoms with van der Waals surface area (Å²) in [5.74, 6) is 1.02. The number of carbonyl (C=O) groups is 1. The summed E-state index contributed by atoms with van der Waals surface area (Å²) in [5, 5.41) is 4.41. The molecule has 0 spiro atoms. The molecule has 40 heavy (non-hydrogen) atoms. The van der Waals surface area contributed by atoms with E-state index in [9.17, 15) is 4.79 Å². The fourth-order valence-electron chi connectivity index (χ4n) is 6.26. The number of hydrogen-bond donors (Lipinski definition) is 1. The van der Waals surface area contributed by atoms with Crippen LogP contribution in [0.3, 0.4) is 0 Å². The van der Waals surface area contributed by atoms with Gasteiger partial charge in [0.1, 0.15) is 12.4 Å². The van der Waals surface area contributed by atoms with Crippen LogP contribution < -0.4 is 10.1 Å². The Labute approximate surface area is 247 Å². The van der Waals surface area contributed by atoms with E-state index in [-0.39, 0.29) is 11.9 Å². The van der Waals surface area contributed by atoms with Crippen molar-refractivity contribution in [1.82, 2.24) is 10.2 Å². The Balaban J connectivity index is 1.17. The standard InChI is InChI=1S/C33H38Cl2N2O3/c1-21-22(2)32(40-14-13-39-3)12-8-26(21)20-37-28-9-10-29(37)19-27(18-28)36-33(38)16-23-5-4-6-24(15-23)25-7-11-30(34)31(35)17-25/h4-8,11-12,15,17,27-29H,9-10,13-14,16,18-20H2,1-3H3,(H,36,38). The van der Waals surface area contributed by atoms with Crippen LogP contribution in [-0.4, -0.2) is 49.3 Å². The molecular formula is C33H38Cl2N2O3. The van der Waals surface area contributed by atoms with E-state index in [4.69, 9.17) is 32.7 Å². The number of nitrogens with zero attached hydrogens (tertiary/aromatic N) is 1. The second kappa shape index (κ2) is 12.9. The second-order valence-corrected chi connectivity index (χ2v) is 11.9. The molecule has 7 heteroatoms. The molecule has 1 N–H and O–H groups in total. The molecule has 3 aromatic rings. The lowest BCUT2D eigenvalue weighted by molar-refractivity contribution is -0.121. The zero-order valence-corrected chi connectivity index (χ0v) is 25.0. The highest BCUT2D eigenvalue weighted by molar-refractivity contribution is 6.42. The van der Waals surface area contributed by atoms with E-state index < -0.39 is 0 Å². The van der Waals surface area contributed by atoms with E-state index in [1.54, 1.807) is 13.2 Å². The van der Waals surface area contributed by atoms with Crippen LogP contribution in [0.2, 0.25) is 10.0 Å². The third kappa shape index (κ3) is 6.66. The van der Waals surface area contributed by atoms with Gasteiger partial charge in [-0.05, 0) is 91.1 Å². The molecule has 0 aromatic heterocycles. The van der Waals surface area contributed by atoms with Crippen molar-refractivity contribution in [3.63, 3.8) is 0 Å². The van der Waals surface area contributed by atoms with Crippen LogP contribution >= 0.6 is 23.2 Å². The van der Waals surface area contributed by atoms with Gasteiger partial charge in [0.15, 0.2) is 0 Å². The summed E-state index contributed by atoms with van der Waals surface area (Å²) < 4.78 is 11.0. The van der Waals surface area contributed by atoms with Crippen LogP contribution in [-0.2, 0) is 22.5 Å². The van der Waals surface area contributed by atoms with Crippen molar-refractivity contribution in [3.05, 3.63) is 86.9 Å². The minimum atomic E-state index is 0.0830. The predicted molar refractivity (Wildman–Crippen MR) is 162 cm³/mol. The zero-order chi connectivity index (χ0) is 28.2. The number of halogens is 2. The number of rotatable bonds is 10. The van der Waals surface area contributed by atoms with Crippen molar-refractivity contribution in [1.29, 1.82) is 0 Å². The van der Waals surface area contributed by atoms with E-state index in [1.165, 1.54) is 29.5 Å². The first-order valence-electron chi connectivity index (χ1n) is 14.1. The minimum Gasteiger partial charge on any atom is -0.491 e. The molecule has 2 heterocycles. The van der Waals surface area contributed by atoms with E-state index in [0.717, 1.165) is 41.8 Å². The van der Waals surface area contributed by atoms with Gasteiger partial charge >= 0.3 is 0 Å². The minimum absolute atomic E-state index is 0.0830. The fraction of sp³-hybridized carbons (Fsp3) is 0.424. The monoisotopic (exact) mass is 580 g/mol. The number of carbonyl (C=O) groups excluding carboxylic acids is 1. The predicted octanol–water partition coefficient (Wildman–Crippen LogP) is 7.16. The lowest BCUT2D eigenvalue weighted by Crippen LogP contribution is -2.50. The molecule has 0 aliphatic carbocycles. The maximum Gasteiger partial charge on any atom is 0.224 e. The number of ether oxygens (including phenoxy) is 2. The maximum absolute atomic E-state index is 13.1. The lowest BCUT2D eigenvalue weighted by atomic mass is 9.94. The van der Waals surface area contributed by atoms with Gasteiger partial charge in [0.05, 0.1) is 23.1 Å². The van der Waals surface area contributed by atoms with Crippen LogP contribution in [0, 0.1) is 13.8 Å². The highest BCUT2D eigenvalue weighted by Gasteiger charge is 2.41. The van der Waals surface area contributed by atoms with Crippen molar-refractivity contribution in [2.24, 2.45) is 0 Å². The Kier molecular flexibility index (Phi) is 9.37. The summed E-state index contributed by atoms with van der Waals surface area (Å²) in [6.45, 7) is 6.42. The largest absolute Gasteiger partial charge is 0.491 e. The number of benzene rings is 3. The van der Waals surface area contributed by atoms with Crippen LogP contribution in [0.15, 0.2) is 54.6 Å². The first-order chi connectivity index (χ1) is 19.3. The third-order valence-electron chi connectivity index (χ3n) is 8.54. The number of nitrogens with one attached hydrogen (secondary N) is 1. The topological polar surface area (TPSA) is 50.8 Å². The van der Waals surface area contributed by atoms with Gasteiger partial charge in [-0.25, -0.2) is 0 Å². The number of amides is 1. The van der Waals surface area contributed by atoms with Crippen molar-refractivity contribution in [2.75, 3.05) is 20.3 Å². The quantitative estimate of drug-likeness (QED) is 0.258. The fourth-order valence-corrected chi connectivity index (χ4v) is 6.56. The Morgan fingerprint density at radius 2 is 1.68 bits per heavy atom. The van der Waals surface area contributed by atoms with Gasteiger partial charge in [0.25, 0.3) is 0 Å². The van der Waals surface area contributed by atoms with Crippen LogP contribution in [0.25, 0.3) is 11.1 Å². The molecule has 5 nitrogen and oxygen atoms in total. The molecule has 3 aromatic carbocycles. The van der Waals surface area contributed by atoms with E-state index in [1.807, 2.05) is 30.3 Å². The molecule has 0 saturated carbocycles. The van der Waals surface area contributed by atoms with Gasteiger partial charge < -0.3 is 14.8 Å². The van der Waals surface area contributed by atoms with Gasteiger partial charge in [0.2, 0.25) is 5.91 Å². The summed E-state index contributed by atoms with van der Waals surface area (Å²) in [7, 11) is 1.69. The average Bonchev–Trinajstić information content (AvgIpc) is 3.16. The van der Waals surface area contributed by atoms with Crippen molar-refractivity contribution >= 4 is 29.1 Å². The molecule has 2 unspecified atom stereocenters. The number of hydrogen-bond acceptors (Lipinski definition) is 4. The number of methoxy groups -OCH3 is 1. The Morgan fingerprint density at radius 3 is 2.40 bits per heavy atom. The van der Waals surface area contributed by atoms with E-state index in [0.29, 0.717) is 41.8 Å². The van der Waals surface area contributed by atoms with Gasteiger partial charge in [0, 0.05) is 31.8 Å². The third-order valence-corrected chi connectivity index (χ3v) is 9.28.